The predicted molar refractivity (Wildman–Crippen MR) is 87.1 cm³/mol. The largest absolute Gasteiger partial charge is 0.450 e. The van der Waals surface area contributed by atoms with Gasteiger partial charge in [-0.3, -0.25) is 19.8 Å². The molecule has 0 radical (unpaired) electrons. The maximum Gasteiger partial charge on any atom is 0.413 e. The zero-order valence-corrected chi connectivity index (χ0v) is 13.7. The van der Waals surface area contributed by atoms with Crippen LogP contribution in [0, 0.1) is 6.92 Å². The third-order valence-electron chi connectivity index (χ3n) is 3.03. The van der Waals surface area contributed by atoms with Gasteiger partial charge in [0.25, 0.3) is 0 Å². The van der Waals surface area contributed by atoms with E-state index in [4.69, 9.17) is 0 Å². The summed E-state index contributed by atoms with van der Waals surface area (Å²) in [4.78, 5) is 36.5. The standard InChI is InChI=1S/C16H23N3O4/c1-4-19(11-15(21)18-16(22)23-5-2)10-14(20)17-13-8-6-12(3)7-9-13/h6-9H,4-5,10-11H2,1-3H3,(H,17,20)(H,18,21,22). The first-order valence-corrected chi connectivity index (χ1v) is 7.50. The number of carbonyl (C=O) groups is 3. The molecule has 0 fully saturated rings. The third-order valence-corrected chi connectivity index (χ3v) is 3.03. The second-order valence-corrected chi connectivity index (χ2v) is 4.99. The molecule has 2 N–H and O–H groups in total. The van der Waals surface area contributed by atoms with E-state index in [1.807, 2.05) is 38.1 Å². The molecular weight excluding hydrogens is 298 g/mol. The number of rotatable bonds is 7. The van der Waals surface area contributed by atoms with E-state index < -0.39 is 12.0 Å². The molecule has 0 aliphatic carbocycles. The zero-order chi connectivity index (χ0) is 17.2. The van der Waals surface area contributed by atoms with Gasteiger partial charge in [-0.1, -0.05) is 24.6 Å². The number of ether oxygens (including phenoxy) is 1. The van der Waals surface area contributed by atoms with Crippen molar-refractivity contribution in [3.63, 3.8) is 0 Å². The van der Waals surface area contributed by atoms with Crippen LogP contribution < -0.4 is 10.6 Å². The fourth-order valence-corrected chi connectivity index (χ4v) is 1.84. The van der Waals surface area contributed by atoms with Crippen molar-refractivity contribution in [2.45, 2.75) is 20.8 Å². The number of imide groups is 1. The second-order valence-electron chi connectivity index (χ2n) is 4.99. The van der Waals surface area contributed by atoms with Crippen LogP contribution in [0.2, 0.25) is 0 Å². The molecule has 0 unspecified atom stereocenters. The molecule has 0 spiro atoms. The zero-order valence-electron chi connectivity index (χ0n) is 13.7. The Morgan fingerprint density at radius 1 is 1.04 bits per heavy atom. The van der Waals surface area contributed by atoms with Gasteiger partial charge in [0.2, 0.25) is 11.8 Å². The minimum Gasteiger partial charge on any atom is -0.450 e. The lowest BCUT2D eigenvalue weighted by atomic mass is 10.2. The highest BCUT2D eigenvalue weighted by Gasteiger charge is 2.15. The van der Waals surface area contributed by atoms with Gasteiger partial charge in [-0.15, -0.1) is 0 Å². The van der Waals surface area contributed by atoms with Crippen LogP contribution in [-0.2, 0) is 14.3 Å². The number of hydrogen-bond acceptors (Lipinski definition) is 5. The van der Waals surface area contributed by atoms with Crippen LogP contribution in [0.15, 0.2) is 24.3 Å². The Morgan fingerprint density at radius 2 is 1.65 bits per heavy atom. The number of likely N-dealkylation sites (N-methyl/N-ethyl adjacent to an activating group) is 1. The summed E-state index contributed by atoms with van der Waals surface area (Å²) in [5.74, 6) is -0.729. The number of aryl methyl sites for hydroxylation is 1. The van der Waals surface area contributed by atoms with Crippen molar-refractivity contribution in [3.05, 3.63) is 29.8 Å². The van der Waals surface area contributed by atoms with Gasteiger partial charge >= 0.3 is 6.09 Å². The molecule has 126 valence electrons. The summed E-state index contributed by atoms with van der Waals surface area (Å²) in [6, 6.07) is 7.44. The molecule has 7 nitrogen and oxygen atoms in total. The maximum atomic E-state index is 12.0. The molecule has 1 aromatic carbocycles. The van der Waals surface area contributed by atoms with Crippen molar-refractivity contribution < 1.29 is 19.1 Å². The van der Waals surface area contributed by atoms with Gasteiger partial charge in [-0.25, -0.2) is 4.79 Å². The van der Waals surface area contributed by atoms with Crippen LogP contribution in [0.4, 0.5) is 10.5 Å². The summed E-state index contributed by atoms with van der Waals surface area (Å²) >= 11 is 0. The van der Waals surface area contributed by atoms with Gasteiger partial charge in [0.1, 0.15) is 0 Å². The lowest BCUT2D eigenvalue weighted by molar-refractivity contribution is -0.122. The molecule has 1 aromatic rings. The highest BCUT2D eigenvalue weighted by molar-refractivity contribution is 5.94. The number of hydrogen-bond donors (Lipinski definition) is 2. The van der Waals surface area contributed by atoms with Gasteiger partial charge < -0.3 is 10.1 Å². The van der Waals surface area contributed by atoms with Crippen LogP contribution >= 0.6 is 0 Å². The van der Waals surface area contributed by atoms with Crippen molar-refractivity contribution >= 4 is 23.6 Å². The van der Waals surface area contributed by atoms with E-state index in [-0.39, 0.29) is 25.6 Å². The Kier molecular flexibility index (Phi) is 7.76. The number of carbonyl (C=O) groups excluding carboxylic acids is 3. The molecule has 0 aromatic heterocycles. The van der Waals surface area contributed by atoms with Crippen LogP contribution in [0.3, 0.4) is 0 Å². The Bertz CT molecular complexity index is 543. The van der Waals surface area contributed by atoms with Crippen LogP contribution in [0.5, 0.6) is 0 Å². The number of benzene rings is 1. The Morgan fingerprint density at radius 3 is 2.22 bits per heavy atom. The van der Waals surface area contributed by atoms with Crippen LogP contribution in [0.1, 0.15) is 19.4 Å². The van der Waals surface area contributed by atoms with E-state index in [1.165, 1.54) is 0 Å². The van der Waals surface area contributed by atoms with E-state index in [9.17, 15) is 14.4 Å². The minimum atomic E-state index is -0.780. The topological polar surface area (TPSA) is 87.7 Å². The fraction of sp³-hybridized carbons (Fsp3) is 0.438. The smallest absolute Gasteiger partial charge is 0.413 e. The van der Waals surface area contributed by atoms with Gasteiger partial charge in [0, 0.05) is 5.69 Å². The lowest BCUT2D eigenvalue weighted by Crippen LogP contribution is -2.43. The van der Waals surface area contributed by atoms with Crippen molar-refractivity contribution in [2.24, 2.45) is 0 Å². The monoisotopic (exact) mass is 321 g/mol. The van der Waals surface area contributed by atoms with Crippen molar-refractivity contribution in [3.8, 4) is 0 Å². The Balaban J connectivity index is 2.45. The van der Waals surface area contributed by atoms with E-state index in [2.05, 4.69) is 15.4 Å². The molecule has 1 rings (SSSR count). The summed E-state index contributed by atoms with van der Waals surface area (Å²) < 4.78 is 4.63. The molecule has 0 saturated carbocycles. The molecule has 0 saturated heterocycles. The third kappa shape index (κ3) is 7.42. The van der Waals surface area contributed by atoms with E-state index in [0.29, 0.717) is 12.2 Å². The molecule has 0 aliphatic heterocycles. The van der Waals surface area contributed by atoms with Crippen molar-refractivity contribution in [1.82, 2.24) is 10.2 Å². The van der Waals surface area contributed by atoms with Gasteiger partial charge in [-0.05, 0) is 32.5 Å². The summed E-state index contributed by atoms with van der Waals surface area (Å²) in [6.07, 6.45) is -0.780. The first-order chi connectivity index (χ1) is 10.9. The number of nitrogens with one attached hydrogen (secondary N) is 2. The summed E-state index contributed by atoms with van der Waals surface area (Å²) in [5.41, 5.74) is 1.81. The maximum absolute atomic E-state index is 12.0. The highest BCUT2D eigenvalue weighted by Crippen LogP contribution is 2.08. The SMILES string of the molecule is CCOC(=O)NC(=O)CN(CC)CC(=O)Nc1ccc(C)cc1. The number of anilines is 1. The highest BCUT2D eigenvalue weighted by atomic mass is 16.5. The first kappa shape index (κ1) is 18.6. The molecule has 3 amide bonds. The van der Waals surface area contributed by atoms with E-state index >= 15 is 0 Å². The minimum absolute atomic E-state index is 0.0562. The first-order valence-electron chi connectivity index (χ1n) is 7.50. The molecule has 7 heteroatoms. The molecule has 0 heterocycles. The number of alkyl carbamates (subject to hydrolysis) is 1. The average Bonchev–Trinajstić information content (AvgIpc) is 2.49. The summed E-state index contributed by atoms with van der Waals surface area (Å²) in [5, 5.41) is 4.87. The molecule has 0 bridgehead atoms. The number of amides is 3. The molecule has 23 heavy (non-hydrogen) atoms. The fourth-order valence-electron chi connectivity index (χ4n) is 1.84. The normalized spacial score (nSPS) is 10.3. The van der Waals surface area contributed by atoms with Crippen molar-refractivity contribution in [2.75, 3.05) is 31.6 Å². The van der Waals surface area contributed by atoms with Gasteiger partial charge in [0.05, 0.1) is 19.7 Å². The summed E-state index contributed by atoms with van der Waals surface area (Å²) in [6.45, 7) is 6.13. The molecule has 0 aliphatic rings. The quantitative estimate of drug-likeness (QED) is 0.795. The van der Waals surface area contributed by atoms with E-state index in [0.717, 1.165) is 5.56 Å². The van der Waals surface area contributed by atoms with Gasteiger partial charge in [-0.2, -0.15) is 0 Å². The van der Waals surface area contributed by atoms with E-state index in [1.54, 1.807) is 11.8 Å². The molecule has 0 atom stereocenters. The second kappa shape index (κ2) is 9.58. The Labute approximate surface area is 136 Å². The number of nitrogens with zero attached hydrogens (tertiary/aromatic N) is 1. The lowest BCUT2D eigenvalue weighted by Gasteiger charge is -2.19. The summed E-state index contributed by atoms with van der Waals surface area (Å²) in [7, 11) is 0. The Hall–Kier alpha value is -2.41. The van der Waals surface area contributed by atoms with Crippen molar-refractivity contribution in [1.29, 1.82) is 0 Å². The predicted octanol–water partition coefficient (Wildman–Crippen LogP) is 1.53. The van der Waals surface area contributed by atoms with Gasteiger partial charge in [0.15, 0.2) is 0 Å². The van der Waals surface area contributed by atoms with Crippen LogP contribution in [-0.4, -0.2) is 49.0 Å². The van der Waals surface area contributed by atoms with Crippen LogP contribution in [0.25, 0.3) is 0 Å². The molecular formula is C16H23N3O4. The average molecular weight is 321 g/mol.